The highest BCUT2D eigenvalue weighted by atomic mass is 79.9. The Hall–Kier alpha value is 0.0400. The van der Waals surface area contributed by atoms with Crippen molar-refractivity contribution in [2.45, 2.75) is 31.2 Å². The Morgan fingerprint density at radius 2 is 2.16 bits per heavy atom. The van der Waals surface area contributed by atoms with Crippen LogP contribution < -0.4 is 4.74 Å². The van der Waals surface area contributed by atoms with E-state index >= 15 is 0 Å². The summed E-state index contributed by atoms with van der Waals surface area (Å²) in [7, 11) is 0. The highest BCUT2D eigenvalue weighted by molar-refractivity contribution is 9.09. The number of rotatable bonds is 4. The van der Waals surface area contributed by atoms with E-state index in [1.807, 2.05) is 13.0 Å². The van der Waals surface area contributed by atoms with Crippen LogP contribution in [-0.2, 0) is 4.74 Å². The second kappa shape index (κ2) is 6.66. The molecule has 0 saturated carbocycles. The first-order valence-corrected chi connectivity index (χ1v) is 8.09. The molecule has 1 heterocycles. The largest absolute Gasteiger partial charge is 0.492 e. The number of hydrogen-bond donors (Lipinski definition) is 0. The number of hydrogen-bond acceptors (Lipinski definition) is 2. The van der Waals surface area contributed by atoms with Crippen molar-refractivity contribution in [3.8, 4) is 5.75 Å². The van der Waals surface area contributed by atoms with Gasteiger partial charge in [0.05, 0.1) is 22.6 Å². The molecule has 0 N–H and O–H groups in total. The van der Waals surface area contributed by atoms with Crippen LogP contribution in [0.1, 0.15) is 30.7 Å². The maximum atomic E-state index is 6.33. The third kappa shape index (κ3) is 3.38. The Bertz CT molecular complexity index is 453. The van der Waals surface area contributed by atoms with Crippen molar-refractivity contribution < 1.29 is 9.47 Å². The SMILES string of the molecule is CCOc1cc(Cl)c(C(Br)C2OCCC2C)cc1Cl. The smallest absolute Gasteiger partial charge is 0.139 e. The van der Waals surface area contributed by atoms with Crippen LogP contribution >= 0.6 is 39.1 Å². The first-order chi connectivity index (χ1) is 9.04. The fourth-order valence-corrected chi connectivity index (χ4v) is 3.97. The summed E-state index contributed by atoms with van der Waals surface area (Å²) in [4.78, 5) is 0.0469. The van der Waals surface area contributed by atoms with E-state index in [9.17, 15) is 0 Å². The lowest BCUT2D eigenvalue weighted by atomic mass is 9.97. The van der Waals surface area contributed by atoms with E-state index in [1.165, 1.54) is 0 Å². The van der Waals surface area contributed by atoms with E-state index in [-0.39, 0.29) is 10.9 Å². The molecule has 1 aromatic rings. The molecule has 1 aliphatic heterocycles. The minimum atomic E-state index is 0.0469. The van der Waals surface area contributed by atoms with Crippen LogP contribution in [-0.4, -0.2) is 19.3 Å². The van der Waals surface area contributed by atoms with Gasteiger partial charge in [0, 0.05) is 17.7 Å². The molecule has 2 nitrogen and oxygen atoms in total. The van der Waals surface area contributed by atoms with Crippen molar-refractivity contribution in [1.82, 2.24) is 0 Å². The van der Waals surface area contributed by atoms with Gasteiger partial charge in [-0.3, -0.25) is 0 Å². The zero-order valence-corrected chi connectivity index (χ0v) is 14.1. The lowest BCUT2D eigenvalue weighted by Crippen LogP contribution is -2.19. The predicted molar refractivity (Wildman–Crippen MR) is 82.8 cm³/mol. The van der Waals surface area contributed by atoms with E-state index in [0.29, 0.717) is 28.3 Å². The Kier molecular flexibility index (Phi) is 5.41. The highest BCUT2D eigenvalue weighted by Gasteiger charge is 2.32. The second-order valence-corrected chi connectivity index (χ2v) is 6.54. The number of halogens is 3. The standard InChI is InChI=1S/C14H17BrCl2O2/c1-3-18-12-7-10(16)9(6-11(12)17)13(15)14-8(2)4-5-19-14/h6-8,13-14H,3-5H2,1-2H3. The molecule has 0 spiro atoms. The Morgan fingerprint density at radius 1 is 1.42 bits per heavy atom. The minimum absolute atomic E-state index is 0.0469. The van der Waals surface area contributed by atoms with Gasteiger partial charge in [-0.15, -0.1) is 0 Å². The molecule has 0 aliphatic carbocycles. The molecule has 2 rings (SSSR count). The number of ether oxygens (including phenoxy) is 2. The summed E-state index contributed by atoms with van der Waals surface area (Å²) in [5.74, 6) is 1.13. The van der Waals surface area contributed by atoms with Crippen molar-refractivity contribution in [2.24, 2.45) is 5.92 Å². The summed E-state index contributed by atoms with van der Waals surface area (Å²) in [6.45, 7) is 5.47. The van der Waals surface area contributed by atoms with Gasteiger partial charge in [-0.1, -0.05) is 46.1 Å². The molecule has 1 saturated heterocycles. The molecular weight excluding hydrogens is 351 g/mol. The Labute approximate surface area is 132 Å². The molecule has 5 heteroatoms. The summed E-state index contributed by atoms with van der Waals surface area (Å²) in [6, 6.07) is 3.64. The molecule has 106 valence electrons. The van der Waals surface area contributed by atoms with Crippen molar-refractivity contribution in [2.75, 3.05) is 13.2 Å². The third-order valence-electron chi connectivity index (χ3n) is 3.38. The van der Waals surface area contributed by atoms with Gasteiger partial charge in [-0.2, -0.15) is 0 Å². The summed E-state index contributed by atoms with van der Waals surface area (Å²) in [5, 5.41) is 1.23. The lowest BCUT2D eigenvalue weighted by Gasteiger charge is -2.23. The van der Waals surface area contributed by atoms with Crippen LogP contribution in [0.5, 0.6) is 5.75 Å². The van der Waals surface area contributed by atoms with Crippen molar-refractivity contribution in [3.63, 3.8) is 0 Å². The zero-order chi connectivity index (χ0) is 14.0. The minimum Gasteiger partial charge on any atom is -0.492 e. The summed E-state index contributed by atoms with van der Waals surface area (Å²) in [5.41, 5.74) is 0.953. The summed E-state index contributed by atoms with van der Waals surface area (Å²) < 4.78 is 11.2. The summed E-state index contributed by atoms with van der Waals surface area (Å²) in [6.07, 6.45) is 1.21. The van der Waals surface area contributed by atoms with Crippen LogP contribution in [0.2, 0.25) is 10.0 Å². The van der Waals surface area contributed by atoms with Crippen LogP contribution in [0.3, 0.4) is 0 Å². The molecular formula is C14H17BrCl2O2. The van der Waals surface area contributed by atoms with E-state index in [1.54, 1.807) is 6.07 Å². The Balaban J connectivity index is 2.26. The zero-order valence-electron chi connectivity index (χ0n) is 11.0. The molecule has 1 aromatic carbocycles. The molecule has 1 fully saturated rings. The molecule has 19 heavy (non-hydrogen) atoms. The van der Waals surface area contributed by atoms with E-state index < -0.39 is 0 Å². The molecule has 0 bridgehead atoms. The van der Waals surface area contributed by atoms with E-state index in [0.717, 1.165) is 18.6 Å². The van der Waals surface area contributed by atoms with Gasteiger partial charge in [0.2, 0.25) is 0 Å². The quantitative estimate of drug-likeness (QED) is 0.676. The van der Waals surface area contributed by atoms with Gasteiger partial charge in [0.15, 0.2) is 0 Å². The third-order valence-corrected chi connectivity index (χ3v) is 5.02. The van der Waals surface area contributed by atoms with Gasteiger partial charge in [0.25, 0.3) is 0 Å². The monoisotopic (exact) mass is 366 g/mol. The predicted octanol–water partition coefficient (Wildman–Crippen LogP) is 5.25. The van der Waals surface area contributed by atoms with Gasteiger partial charge in [-0.05, 0) is 30.9 Å². The van der Waals surface area contributed by atoms with Crippen molar-refractivity contribution >= 4 is 39.1 Å². The lowest BCUT2D eigenvalue weighted by molar-refractivity contribution is 0.0935. The highest BCUT2D eigenvalue weighted by Crippen LogP contribution is 2.42. The topological polar surface area (TPSA) is 18.5 Å². The first kappa shape index (κ1) is 15.4. The van der Waals surface area contributed by atoms with Gasteiger partial charge in [0.1, 0.15) is 5.75 Å². The average molecular weight is 368 g/mol. The summed E-state index contributed by atoms with van der Waals surface area (Å²) >= 11 is 16.2. The van der Waals surface area contributed by atoms with Crippen LogP contribution in [0.25, 0.3) is 0 Å². The normalized spacial score (nSPS) is 24.5. The van der Waals surface area contributed by atoms with Gasteiger partial charge in [-0.25, -0.2) is 0 Å². The molecule has 3 atom stereocenters. The average Bonchev–Trinajstić information content (AvgIpc) is 2.79. The number of alkyl halides is 1. The van der Waals surface area contributed by atoms with E-state index in [4.69, 9.17) is 32.7 Å². The second-order valence-electron chi connectivity index (χ2n) is 4.74. The molecule has 3 unspecified atom stereocenters. The van der Waals surface area contributed by atoms with Crippen LogP contribution in [0.4, 0.5) is 0 Å². The fraction of sp³-hybridized carbons (Fsp3) is 0.571. The maximum absolute atomic E-state index is 6.33. The molecule has 0 amide bonds. The van der Waals surface area contributed by atoms with Crippen LogP contribution in [0.15, 0.2) is 12.1 Å². The van der Waals surface area contributed by atoms with Gasteiger partial charge < -0.3 is 9.47 Å². The van der Waals surface area contributed by atoms with Gasteiger partial charge >= 0.3 is 0 Å². The van der Waals surface area contributed by atoms with E-state index in [2.05, 4.69) is 22.9 Å². The number of benzene rings is 1. The Morgan fingerprint density at radius 3 is 2.74 bits per heavy atom. The molecule has 0 radical (unpaired) electrons. The maximum Gasteiger partial charge on any atom is 0.139 e. The molecule has 1 aliphatic rings. The fourth-order valence-electron chi connectivity index (χ4n) is 2.29. The van der Waals surface area contributed by atoms with Crippen LogP contribution in [0, 0.1) is 5.92 Å². The molecule has 0 aromatic heterocycles. The first-order valence-electron chi connectivity index (χ1n) is 6.42. The van der Waals surface area contributed by atoms with Crippen molar-refractivity contribution in [3.05, 3.63) is 27.7 Å². The van der Waals surface area contributed by atoms with Crippen molar-refractivity contribution in [1.29, 1.82) is 0 Å².